The first kappa shape index (κ1) is 15.2. The molecule has 1 aliphatic heterocycles. The first-order valence-corrected chi connectivity index (χ1v) is 8.67. The number of aromatic nitrogens is 2. The van der Waals surface area contributed by atoms with Crippen LogP contribution in [0.2, 0.25) is 5.02 Å². The summed E-state index contributed by atoms with van der Waals surface area (Å²) in [4.78, 5) is 11.3. The number of piperidine rings is 1. The minimum atomic E-state index is 0.335. The predicted octanol–water partition coefficient (Wildman–Crippen LogP) is 4.52. The average molecular weight is 339 g/mol. The van der Waals surface area contributed by atoms with E-state index >= 15 is 0 Å². The monoisotopic (exact) mass is 338 g/mol. The molecule has 1 saturated heterocycles. The van der Waals surface area contributed by atoms with Crippen LogP contribution in [0.1, 0.15) is 19.3 Å². The quantitative estimate of drug-likeness (QED) is 0.746. The summed E-state index contributed by atoms with van der Waals surface area (Å²) in [5.41, 5.74) is 9.08. The molecule has 0 bridgehead atoms. The Morgan fingerprint density at radius 1 is 0.875 bits per heavy atom. The van der Waals surface area contributed by atoms with E-state index in [0.717, 1.165) is 46.0 Å². The molecule has 2 aromatic carbocycles. The second-order valence-corrected chi connectivity index (χ2v) is 6.63. The van der Waals surface area contributed by atoms with Crippen LogP contribution in [0.5, 0.6) is 0 Å². The summed E-state index contributed by atoms with van der Waals surface area (Å²) in [6.07, 6.45) is 3.68. The zero-order chi connectivity index (χ0) is 16.5. The summed E-state index contributed by atoms with van der Waals surface area (Å²) in [6.45, 7) is 2.05. The van der Waals surface area contributed by atoms with Gasteiger partial charge in [-0.05, 0) is 54.7 Å². The van der Waals surface area contributed by atoms with Gasteiger partial charge in [0, 0.05) is 23.5 Å². The summed E-state index contributed by atoms with van der Waals surface area (Å²) in [5, 5.41) is 1.79. The van der Waals surface area contributed by atoms with Gasteiger partial charge < -0.3 is 10.6 Å². The zero-order valence-corrected chi connectivity index (χ0v) is 14.1. The maximum atomic E-state index is 6.00. The Morgan fingerprint density at radius 2 is 1.58 bits per heavy atom. The van der Waals surface area contributed by atoms with Gasteiger partial charge in [-0.15, -0.1) is 0 Å². The number of benzene rings is 2. The fraction of sp³-hybridized carbons (Fsp3) is 0.263. The number of hydrogen-bond acceptors (Lipinski definition) is 4. The molecule has 0 saturated carbocycles. The molecular formula is C19H19ClN4. The largest absolute Gasteiger partial charge is 0.368 e. The minimum absolute atomic E-state index is 0.335. The summed E-state index contributed by atoms with van der Waals surface area (Å²) in [7, 11) is 0. The van der Waals surface area contributed by atoms with Crippen molar-refractivity contribution in [2.45, 2.75) is 19.3 Å². The van der Waals surface area contributed by atoms with Gasteiger partial charge in [-0.2, -0.15) is 4.98 Å². The van der Waals surface area contributed by atoms with Crippen molar-refractivity contribution in [3.63, 3.8) is 0 Å². The molecule has 0 radical (unpaired) electrons. The van der Waals surface area contributed by atoms with Crippen molar-refractivity contribution in [1.82, 2.24) is 9.97 Å². The fourth-order valence-corrected chi connectivity index (χ4v) is 3.42. The smallest absolute Gasteiger partial charge is 0.222 e. The normalized spacial score (nSPS) is 15.0. The molecule has 1 fully saturated rings. The van der Waals surface area contributed by atoms with E-state index in [4.69, 9.17) is 17.3 Å². The van der Waals surface area contributed by atoms with Gasteiger partial charge in [0.2, 0.25) is 5.95 Å². The lowest BCUT2D eigenvalue weighted by molar-refractivity contribution is 0.575. The van der Waals surface area contributed by atoms with E-state index in [2.05, 4.69) is 27.0 Å². The number of rotatable bonds is 2. The van der Waals surface area contributed by atoms with Crippen LogP contribution in [0, 0.1) is 0 Å². The van der Waals surface area contributed by atoms with Crippen molar-refractivity contribution in [3.05, 3.63) is 47.5 Å². The van der Waals surface area contributed by atoms with Gasteiger partial charge in [-0.25, -0.2) is 4.98 Å². The van der Waals surface area contributed by atoms with Crippen LogP contribution in [0.4, 0.5) is 11.8 Å². The highest BCUT2D eigenvalue weighted by Crippen LogP contribution is 2.31. The van der Waals surface area contributed by atoms with E-state index in [0.29, 0.717) is 5.95 Å². The van der Waals surface area contributed by atoms with Crippen LogP contribution >= 0.6 is 11.6 Å². The van der Waals surface area contributed by atoms with Gasteiger partial charge in [0.25, 0.3) is 0 Å². The molecule has 1 aliphatic rings. The highest BCUT2D eigenvalue weighted by molar-refractivity contribution is 6.30. The second-order valence-electron chi connectivity index (χ2n) is 6.19. The van der Waals surface area contributed by atoms with Gasteiger partial charge in [-0.3, -0.25) is 0 Å². The zero-order valence-electron chi connectivity index (χ0n) is 13.4. The van der Waals surface area contributed by atoms with Crippen molar-refractivity contribution < 1.29 is 0 Å². The highest BCUT2D eigenvalue weighted by Gasteiger charge is 2.17. The lowest BCUT2D eigenvalue weighted by Gasteiger charge is -2.28. The van der Waals surface area contributed by atoms with Crippen LogP contribution < -0.4 is 10.6 Å². The Hall–Kier alpha value is -2.33. The molecule has 1 aromatic heterocycles. The summed E-state index contributed by atoms with van der Waals surface area (Å²) in [5.74, 6) is 1.29. The Bertz CT molecular complexity index is 870. The highest BCUT2D eigenvalue weighted by atomic mass is 35.5. The maximum absolute atomic E-state index is 6.00. The SMILES string of the molecule is Nc1nc(N2CCCCC2)c2cc(-c3ccc(Cl)cc3)ccc2n1. The van der Waals surface area contributed by atoms with E-state index < -0.39 is 0 Å². The Labute approximate surface area is 146 Å². The van der Waals surface area contributed by atoms with Gasteiger partial charge in [0.1, 0.15) is 5.82 Å². The average Bonchev–Trinajstić information content (AvgIpc) is 2.62. The molecule has 0 spiro atoms. The van der Waals surface area contributed by atoms with E-state index in [-0.39, 0.29) is 0 Å². The Kier molecular flexibility index (Phi) is 3.98. The number of nitrogen functional groups attached to an aromatic ring is 1. The van der Waals surface area contributed by atoms with Crippen LogP contribution in [0.3, 0.4) is 0 Å². The standard InChI is InChI=1S/C19H19ClN4/c20-15-7-4-13(5-8-15)14-6-9-17-16(12-14)18(23-19(21)22-17)24-10-2-1-3-11-24/h4-9,12H,1-3,10-11H2,(H2,21,22,23). The number of nitrogens with zero attached hydrogens (tertiary/aromatic N) is 3. The molecule has 2 N–H and O–H groups in total. The number of nitrogens with two attached hydrogens (primary N) is 1. The van der Waals surface area contributed by atoms with Crippen molar-refractivity contribution in [1.29, 1.82) is 0 Å². The molecule has 0 unspecified atom stereocenters. The van der Waals surface area contributed by atoms with Gasteiger partial charge in [0.05, 0.1) is 5.52 Å². The first-order valence-electron chi connectivity index (χ1n) is 8.29. The summed E-state index contributed by atoms with van der Waals surface area (Å²) < 4.78 is 0. The topological polar surface area (TPSA) is 55.0 Å². The second kappa shape index (κ2) is 6.29. The van der Waals surface area contributed by atoms with Crippen LogP contribution in [0.25, 0.3) is 22.0 Å². The maximum Gasteiger partial charge on any atom is 0.222 e. The molecular weight excluding hydrogens is 320 g/mol. The number of hydrogen-bond donors (Lipinski definition) is 1. The molecule has 4 rings (SSSR count). The van der Waals surface area contributed by atoms with Gasteiger partial charge in [0.15, 0.2) is 0 Å². The lowest BCUT2D eigenvalue weighted by atomic mass is 10.0. The van der Waals surface area contributed by atoms with E-state index in [1.807, 2.05) is 30.3 Å². The number of halogens is 1. The Morgan fingerprint density at radius 3 is 2.33 bits per heavy atom. The van der Waals surface area contributed by atoms with Crippen LogP contribution in [-0.4, -0.2) is 23.1 Å². The molecule has 0 atom stereocenters. The number of anilines is 2. The van der Waals surface area contributed by atoms with E-state index in [1.165, 1.54) is 19.3 Å². The summed E-state index contributed by atoms with van der Waals surface area (Å²) >= 11 is 6.00. The van der Waals surface area contributed by atoms with Crippen molar-refractivity contribution in [3.8, 4) is 11.1 Å². The van der Waals surface area contributed by atoms with E-state index in [9.17, 15) is 0 Å². The molecule has 24 heavy (non-hydrogen) atoms. The molecule has 4 nitrogen and oxygen atoms in total. The third-order valence-electron chi connectivity index (χ3n) is 4.53. The lowest BCUT2D eigenvalue weighted by Crippen LogP contribution is -2.30. The molecule has 0 aliphatic carbocycles. The van der Waals surface area contributed by atoms with Crippen molar-refractivity contribution in [2.75, 3.05) is 23.7 Å². The van der Waals surface area contributed by atoms with Crippen molar-refractivity contribution in [2.24, 2.45) is 0 Å². The Balaban J connectivity index is 1.85. The first-order chi connectivity index (χ1) is 11.7. The van der Waals surface area contributed by atoms with Gasteiger partial charge in [-0.1, -0.05) is 29.8 Å². The van der Waals surface area contributed by atoms with Crippen molar-refractivity contribution >= 4 is 34.3 Å². The van der Waals surface area contributed by atoms with Crippen LogP contribution in [0.15, 0.2) is 42.5 Å². The minimum Gasteiger partial charge on any atom is -0.368 e. The number of fused-ring (bicyclic) bond motifs is 1. The van der Waals surface area contributed by atoms with Gasteiger partial charge >= 0.3 is 0 Å². The third-order valence-corrected chi connectivity index (χ3v) is 4.78. The van der Waals surface area contributed by atoms with E-state index in [1.54, 1.807) is 0 Å². The van der Waals surface area contributed by atoms with Crippen LogP contribution in [-0.2, 0) is 0 Å². The molecule has 2 heterocycles. The molecule has 3 aromatic rings. The fourth-order valence-electron chi connectivity index (χ4n) is 3.30. The molecule has 0 amide bonds. The molecule has 5 heteroatoms. The summed E-state index contributed by atoms with van der Waals surface area (Å²) in [6, 6.07) is 14.1. The third kappa shape index (κ3) is 2.89. The predicted molar refractivity (Wildman–Crippen MR) is 100 cm³/mol. The molecule has 122 valence electrons.